The molecular formula is C32H33NO4. The third kappa shape index (κ3) is 4.60. The van der Waals surface area contributed by atoms with E-state index in [0.29, 0.717) is 6.42 Å². The first-order valence-electron chi connectivity index (χ1n) is 13.0. The van der Waals surface area contributed by atoms with Crippen molar-refractivity contribution >= 4 is 18.0 Å². The number of carboxylic acid groups (broad SMARTS) is 1. The van der Waals surface area contributed by atoms with Crippen LogP contribution in [0.25, 0.3) is 6.08 Å². The van der Waals surface area contributed by atoms with E-state index in [1.807, 2.05) is 44.2 Å². The summed E-state index contributed by atoms with van der Waals surface area (Å²) in [5.41, 5.74) is 12.9. The van der Waals surface area contributed by atoms with Gasteiger partial charge in [0.2, 0.25) is 0 Å². The Bertz CT molecular complexity index is 1360. The molecule has 5 nitrogen and oxygen atoms in total. The Morgan fingerprint density at radius 1 is 1.03 bits per heavy atom. The van der Waals surface area contributed by atoms with Gasteiger partial charge in [0.15, 0.2) is 0 Å². The molecular weight excluding hydrogens is 462 g/mol. The summed E-state index contributed by atoms with van der Waals surface area (Å²) in [5.74, 6) is -1.32. The molecule has 190 valence electrons. The minimum absolute atomic E-state index is 0.0112. The van der Waals surface area contributed by atoms with E-state index in [0.717, 1.165) is 36.0 Å². The number of hydrogen-bond donors (Lipinski definition) is 2. The highest BCUT2D eigenvalue weighted by molar-refractivity contribution is 5.87. The number of aromatic carboxylic acids is 1. The molecule has 5 rings (SSSR count). The molecule has 5 heteroatoms. The molecule has 0 heterocycles. The molecule has 1 unspecified atom stereocenters. The second-order valence-electron chi connectivity index (χ2n) is 10.5. The van der Waals surface area contributed by atoms with E-state index in [1.54, 1.807) is 12.1 Å². The van der Waals surface area contributed by atoms with E-state index >= 15 is 0 Å². The third-order valence-corrected chi connectivity index (χ3v) is 8.23. The molecule has 0 radical (unpaired) electrons. The molecule has 0 aromatic heterocycles. The number of carboxylic acids is 1. The summed E-state index contributed by atoms with van der Waals surface area (Å²) in [6.07, 6.45) is 4.66. The van der Waals surface area contributed by atoms with Gasteiger partial charge in [-0.15, -0.1) is 0 Å². The minimum Gasteiger partial charge on any atom is -0.478 e. The van der Waals surface area contributed by atoms with Crippen molar-refractivity contribution in [2.24, 2.45) is 17.1 Å². The van der Waals surface area contributed by atoms with Crippen LogP contribution in [-0.2, 0) is 28.8 Å². The number of nitrogens with two attached hydrogens (primary N) is 1. The van der Waals surface area contributed by atoms with Crippen LogP contribution >= 0.6 is 0 Å². The van der Waals surface area contributed by atoms with E-state index in [4.69, 9.17) is 10.5 Å². The van der Waals surface area contributed by atoms with Crippen LogP contribution in [0.1, 0.15) is 64.5 Å². The van der Waals surface area contributed by atoms with Crippen LogP contribution < -0.4 is 5.73 Å². The lowest BCUT2D eigenvalue weighted by atomic mass is 9.70. The van der Waals surface area contributed by atoms with Gasteiger partial charge in [0.25, 0.3) is 0 Å². The van der Waals surface area contributed by atoms with Gasteiger partial charge in [-0.1, -0.05) is 92.6 Å². The highest BCUT2D eigenvalue weighted by Gasteiger charge is 2.52. The van der Waals surface area contributed by atoms with Crippen molar-refractivity contribution in [3.8, 4) is 0 Å². The lowest BCUT2D eigenvalue weighted by Crippen LogP contribution is -2.41. The van der Waals surface area contributed by atoms with Crippen molar-refractivity contribution < 1.29 is 19.4 Å². The average molecular weight is 496 g/mol. The van der Waals surface area contributed by atoms with Gasteiger partial charge in [0.05, 0.1) is 5.56 Å². The smallest absolute Gasteiger partial charge is 0.335 e. The Kier molecular flexibility index (Phi) is 6.74. The molecule has 3 aromatic rings. The van der Waals surface area contributed by atoms with Crippen molar-refractivity contribution in [2.75, 3.05) is 0 Å². The Hall–Kier alpha value is -3.70. The molecule has 0 bridgehead atoms. The second-order valence-corrected chi connectivity index (χ2v) is 10.5. The maximum atomic E-state index is 13.4. The topological polar surface area (TPSA) is 89.6 Å². The minimum atomic E-state index is -0.950. The highest BCUT2D eigenvalue weighted by atomic mass is 16.5. The number of fused-ring (bicyclic) bond motifs is 2. The number of esters is 1. The zero-order valence-corrected chi connectivity index (χ0v) is 21.3. The van der Waals surface area contributed by atoms with Crippen molar-refractivity contribution in [1.29, 1.82) is 0 Å². The standard InChI is InChI=1S/C32H33NO4/c1-3-20(2)28(33)31(36)37-29-27-11-7-6-10-25(27)19-32(29,18-21-12-14-22(15-13-21)30(34)35)26-16-23-8-4-5-9-24(23)17-26/h4-16,20,28-29H,3,17-19,33H2,1-2H3,(H,34,35)/t20?,28-,29+,32-/m0/s1. The van der Waals surface area contributed by atoms with Crippen LogP contribution in [0.4, 0.5) is 0 Å². The van der Waals surface area contributed by atoms with Crippen LogP contribution in [0, 0.1) is 11.3 Å². The number of rotatable bonds is 8. The van der Waals surface area contributed by atoms with Gasteiger partial charge in [-0.3, -0.25) is 4.79 Å². The van der Waals surface area contributed by atoms with E-state index in [-0.39, 0.29) is 17.5 Å². The summed E-state index contributed by atoms with van der Waals surface area (Å²) in [6, 6.07) is 22.9. The van der Waals surface area contributed by atoms with Crippen LogP contribution in [0.5, 0.6) is 0 Å². The maximum absolute atomic E-state index is 13.4. The van der Waals surface area contributed by atoms with Crippen molar-refractivity contribution in [3.63, 3.8) is 0 Å². The fourth-order valence-electron chi connectivity index (χ4n) is 5.82. The largest absolute Gasteiger partial charge is 0.478 e. The Labute approximate surface area is 218 Å². The van der Waals surface area contributed by atoms with Crippen LogP contribution in [0.15, 0.2) is 78.4 Å². The van der Waals surface area contributed by atoms with Gasteiger partial charge in [-0.25, -0.2) is 4.79 Å². The van der Waals surface area contributed by atoms with Gasteiger partial charge < -0.3 is 15.6 Å². The number of carbonyl (C=O) groups is 2. The molecule has 3 N–H and O–H groups in total. The molecule has 37 heavy (non-hydrogen) atoms. The van der Waals surface area contributed by atoms with Gasteiger partial charge in [0, 0.05) is 5.41 Å². The van der Waals surface area contributed by atoms with Crippen molar-refractivity contribution in [1.82, 2.24) is 0 Å². The SMILES string of the molecule is CCC(C)[C@H](N)C(=O)O[C@@H]1c2ccccc2C[C@@]1(Cc1ccc(C(=O)O)cc1)C1=Cc2ccccc2C1. The summed E-state index contributed by atoms with van der Waals surface area (Å²) < 4.78 is 6.39. The highest BCUT2D eigenvalue weighted by Crippen LogP contribution is 2.56. The molecule has 0 aliphatic heterocycles. The Morgan fingerprint density at radius 3 is 2.38 bits per heavy atom. The molecule has 4 atom stereocenters. The van der Waals surface area contributed by atoms with Crippen molar-refractivity contribution in [2.45, 2.75) is 51.7 Å². The summed E-state index contributed by atoms with van der Waals surface area (Å²) in [6.45, 7) is 4.00. The van der Waals surface area contributed by atoms with Crippen LogP contribution in [0.2, 0.25) is 0 Å². The number of hydrogen-bond acceptors (Lipinski definition) is 4. The molecule has 0 saturated heterocycles. The van der Waals surface area contributed by atoms with Gasteiger partial charge in [0.1, 0.15) is 12.1 Å². The molecule has 2 aliphatic carbocycles. The molecule has 2 aliphatic rings. The first-order valence-corrected chi connectivity index (χ1v) is 13.0. The van der Waals surface area contributed by atoms with E-state index < -0.39 is 23.5 Å². The summed E-state index contributed by atoms with van der Waals surface area (Å²) in [5, 5.41) is 9.38. The normalized spacial score (nSPS) is 21.5. The van der Waals surface area contributed by atoms with E-state index in [9.17, 15) is 14.7 Å². The average Bonchev–Trinajstić information content (AvgIpc) is 3.48. The molecule has 0 saturated carbocycles. The van der Waals surface area contributed by atoms with Gasteiger partial charge in [-0.2, -0.15) is 0 Å². The van der Waals surface area contributed by atoms with E-state index in [2.05, 4.69) is 36.4 Å². The third-order valence-electron chi connectivity index (χ3n) is 8.23. The molecule has 0 amide bonds. The zero-order valence-electron chi connectivity index (χ0n) is 21.3. The van der Waals surface area contributed by atoms with Crippen LogP contribution in [-0.4, -0.2) is 23.1 Å². The zero-order chi connectivity index (χ0) is 26.2. The fourth-order valence-corrected chi connectivity index (χ4v) is 5.82. The molecule has 0 spiro atoms. The van der Waals surface area contributed by atoms with Gasteiger partial charge in [-0.05, 0) is 65.1 Å². The fraction of sp³-hybridized carbons (Fsp3) is 0.312. The predicted molar refractivity (Wildman–Crippen MR) is 144 cm³/mol. The van der Waals surface area contributed by atoms with Gasteiger partial charge >= 0.3 is 11.9 Å². The summed E-state index contributed by atoms with van der Waals surface area (Å²) in [7, 11) is 0. The van der Waals surface area contributed by atoms with Crippen molar-refractivity contribution in [3.05, 3.63) is 112 Å². The lowest BCUT2D eigenvalue weighted by molar-refractivity contribution is -0.157. The molecule has 0 fully saturated rings. The number of benzene rings is 3. The first-order chi connectivity index (χ1) is 17.8. The number of ether oxygens (including phenoxy) is 1. The predicted octanol–water partition coefficient (Wildman–Crippen LogP) is 5.77. The Balaban J connectivity index is 1.60. The maximum Gasteiger partial charge on any atom is 0.335 e. The number of carbonyl (C=O) groups excluding carboxylic acids is 1. The summed E-state index contributed by atoms with van der Waals surface area (Å²) >= 11 is 0. The first kappa shape index (κ1) is 25.0. The molecule has 3 aromatic carbocycles. The quantitative estimate of drug-likeness (QED) is 0.388. The monoisotopic (exact) mass is 495 g/mol. The van der Waals surface area contributed by atoms with E-state index in [1.165, 1.54) is 16.7 Å². The lowest BCUT2D eigenvalue weighted by Gasteiger charge is -2.38. The Morgan fingerprint density at radius 2 is 1.70 bits per heavy atom. The summed E-state index contributed by atoms with van der Waals surface area (Å²) in [4.78, 5) is 24.8. The van der Waals surface area contributed by atoms with Crippen LogP contribution in [0.3, 0.4) is 0 Å². The second kappa shape index (κ2) is 9.98.